The van der Waals surface area contributed by atoms with Gasteiger partial charge in [-0.15, -0.1) is 0 Å². The summed E-state index contributed by atoms with van der Waals surface area (Å²) in [7, 11) is 0. The Morgan fingerprint density at radius 1 is 0.938 bits per heavy atom. The van der Waals surface area contributed by atoms with Crippen molar-refractivity contribution in [3.63, 3.8) is 0 Å². The van der Waals surface area contributed by atoms with Crippen LogP contribution in [-0.4, -0.2) is 23.8 Å². The Morgan fingerprint density at radius 2 is 1.44 bits per heavy atom. The zero-order chi connectivity index (χ0) is 24.3. The van der Waals surface area contributed by atoms with E-state index in [0.717, 1.165) is 26.0 Å². The van der Waals surface area contributed by atoms with Gasteiger partial charge in [-0.1, -0.05) is 12.1 Å². The third kappa shape index (κ3) is 7.01. The number of carbonyl (C=O) groups is 1. The fourth-order valence-corrected chi connectivity index (χ4v) is 2.71. The molecule has 0 heterocycles. The van der Waals surface area contributed by atoms with Gasteiger partial charge in [0.1, 0.15) is 18.5 Å². The number of alkyl halides is 6. The van der Waals surface area contributed by atoms with E-state index in [1.54, 1.807) is 0 Å². The third-order valence-corrected chi connectivity index (χ3v) is 4.34. The van der Waals surface area contributed by atoms with Crippen LogP contribution in [-0.2, 0) is 26.6 Å². The van der Waals surface area contributed by atoms with Crippen LogP contribution < -0.4 is 0 Å². The summed E-state index contributed by atoms with van der Waals surface area (Å²) in [4.78, 5) is 11.3. The summed E-state index contributed by atoms with van der Waals surface area (Å²) in [6.45, 7) is 1.77. The van der Waals surface area contributed by atoms with Gasteiger partial charge < -0.3 is 14.6 Å². The highest BCUT2D eigenvalue weighted by molar-refractivity contribution is 5.76. The molecule has 4 nitrogen and oxygen atoms in total. The number of aliphatic hydroxyl groups is 1. The van der Waals surface area contributed by atoms with Crippen LogP contribution in [0.5, 0.6) is 0 Å². The van der Waals surface area contributed by atoms with E-state index in [-0.39, 0.29) is 11.6 Å². The first-order valence-electron chi connectivity index (χ1n) is 9.18. The SMILES string of the molecule is CC(=O)CO[C@@H](O[C@H](C)c1cc(C(F)(F)F)cc(C(F)(F)F)c1)C(O)c1ccc(F)cc1. The normalized spacial score (nSPS) is 15.3. The maximum absolute atomic E-state index is 13.1. The summed E-state index contributed by atoms with van der Waals surface area (Å²) in [6, 6.07) is 5.37. The highest BCUT2D eigenvalue weighted by Gasteiger charge is 2.38. The topological polar surface area (TPSA) is 55.8 Å². The Bertz CT molecular complexity index is 891. The summed E-state index contributed by atoms with van der Waals surface area (Å²) in [5.41, 5.74) is -3.45. The van der Waals surface area contributed by atoms with Crippen LogP contribution in [0.4, 0.5) is 30.7 Å². The summed E-state index contributed by atoms with van der Waals surface area (Å²) >= 11 is 0. The van der Waals surface area contributed by atoms with Crippen LogP contribution in [0.15, 0.2) is 42.5 Å². The maximum Gasteiger partial charge on any atom is 0.416 e. The van der Waals surface area contributed by atoms with Gasteiger partial charge in [-0.25, -0.2) is 4.39 Å². The molecule has 2 aromatic rings. The minimum atomic E-state index is -5.05. The van der Waals surface area contributed by atoms with Gasteiger partial charge in [0.05, 0.1) is 17.2 Å². The summed E-state index contributed by atoms with van der Waals surface area (Å²) in [6.07, 6.45) is -14.8. The lowest BCUT2D eigenvalue weighted by molar-refractivity contribution is -0.216. The van der Waals surface area contributed by atoms with Gasteiger partial charge in [0, 0.05) is 0 Å². The number of halogens is 7. The van der Waals surface area contributed by atoms with E-state index in [2.05, 4.69) is 0 Å². The molecule has 0 amide bonds. The zero-order valence-electron chi connectivity index (χ0n) is 16.8. The number of benzene rings is 2. The van der Waals surface area contributed by atoms with Crippen LogP contribution in [0.3, 0.4) is 0 Å². The Hall–Kier alpha value is -2.50. The fraction of sp³-hybridized carbons (Fsp3) is 0.381. The number of ketones is 1. The molecular formula is C21H19F7O4. The van der Waals surface area contributed by atoms with Crippen LogP contribution >= 0.6 is 0 Å². The van der Waals surface area contributed by atoms with Crippen LogP contribution in [0.2, 0.25) is 0 Å². The predicted octanol–water partition coefficient (Wildman–Crippen LogP) is 5.61. The molecule has 176 valence electrons. The second-order valence-electron chi connectivity index (χ2n) is 7.00. The molecule has 2 rings (SSSR count). The second-order valence-corrected chi connectivity index (χ2v) is 7.00. The van der Waals surface area contributed by atoms with E-state index in [4.69, 9.17) is 9.47 Å². The lowest BCUT2D eigenvalue weighted by atomic mass is 10.0. The minimum Gasteiger partial charge on any atom is -0.383 e. The number of ether oxygens (including phenoxy) is 2. The molecule has 11 heteroatoms. The van der Waals surface area contributed by atoms with Crippen molar-refractivity contribution in [2.24, 2.45) is 0 Å². The van der Waals surface area contributed by atoms with Gasteiger partial charge in [-0.05, 0) is 55.3 Å². The van der Waals surface area contributed by atoms with Crippen LogP contribution in [0, 0.1) is 5.82 Å². The molecule has 0 aromatic heterocycles. The van der Waals surface area contributed by atoms with E-state index in [0.29, 0.717) is 12.1 Å². The molecule has 0 saturated heterocycles. The van der Waals surface area contributed by atoms with Crippen molar-refractivity contribution in [1.29, 1.82) is 0 Å². The minimum absolute atomic E-state index is 0.0205. The molecule has 0 radical (unpaired) electrons. The zero-order valence-corrected chi connectivity index (χ0v) is 16.8. The van der Waals surface area contributed by atoms with E-state index >= 15 is 0 Å². The average Bonchev–Trinajstić information content (AvgIpc) is 2.69. The van der Waals surface area contributed by atoms with Crippen molar-refractivity contribution >= 4 is 5.78 Å². The van der Waals surface area contributed by atoms with Crippen molar-refractivity contribution < 1.29 is 50.1 Å². The Balaban J connectivity index is 2.38. The van der Waals surface area contributed by atoms with Crippen LogP contribution in [0.1, 0.15) is 48.3 Å². The standard InChI is InChI=1S/C21H19F7O4/c1-11(29)10-31-19(18(30)13-3-5-17(22)6-4-13)32-12(2)14-7-15(20(23,24)25)9-16(8-14)21(26,27)28/h3-9,12,18-19,30H,10H2,1-2H3/t12-,18?,19+/m1/s1. The average molecular weight is 468 g/mol. The molecule has 0 fully saturated rings. The Labute approximate surface area is 178 Å². The summed E-state index contributed by atoms with van der Waals surface area (Å²) < 4.78 is 102. The first-order chi connectivity index (χ1) is 14.7. The highest BCUT2D eigenvalue weighted by Crippen LogP contribution is 2.38. The Morgan fingerprint density at radius 3 is 1.88 bits per heavy atom. The first-order valence-corrected chi connectivity index (χ1v) is 9.18. The molecule has 0 saturated carbocycles. The third-order valence-electron chi connectivity index (χ3n) is 4.34. The highest BCUT2D eigenvalue weighted by atomic mass is 19.4. The Kier molecular flexibility index (Phi) is 8.02. The largest absolute Gasteiger partial charge is 0.416 e. The second kappa shape index (κ2) is 9.97. The first kappa shape index (κ1) is 25.8. The van der Waals surface area contributed by atoms with Crippen molar-refractivity contribution in [3.05, 3.63) is 70.5 Å². The van der Waals surface area contributed by atoms with Gasteiger partial charge in [-0.3, -0.25) is 4.79 Å². The smallest absolute Gasteiger partial charge is 0.383 e. The number of rotatable bonds is 8. The molecule has 1 unspecified atom stereocenters. The van der Waals surface area contributed by atoms with E-state index in [1.165, 1.54) is 12.1 Å². The molecule has 32 heavy (non-hydrogen) atoms. The van der Waals surface area contributed by atoms with E-state index in [9.17, 15) is 40.6 Å². The number of carbonyl (C=O) groups excluding carboxylic acids is 1. The van der Waals surface area contributed by atoms with E-state index in [1.807, 2.05) is 0 Å². The van der Waals surface area contributed by atoms with Gasteiger partial charge >= 0.3 is 12.4 Å². The fourth-order valence-electron chi connectivity index (χ4n) is 2.71. The lowest BCUT2D eigenvalue weighted by Crippen LogP contribution is -2.29. The maximum atomic E-state index is 13.1. The summed E-state index contributed by atoms with van der Waals surface area (Å²) in [5.74, 6) is -1.09. The molecular weight excluding hydrogens is 449 g/mol. The number of Topliss-reactive ketones (excluding diaryl/α,β-unsaturated/α-hetero) is 1. The molecule has 0 aliphatic heterocycles. The van der Waals surface area contributed by atoms with Gasteiger partial charge in [0.15, 0.2) is 12.1 Å². The predicted molar refractivity (Wildman–Crippen MR) is 97.7 cm³/mol. The molecule has 0 spiro atoms. The van der Waals surface area contributed by atoms with Gasteiger partial charge in [-0.2, -0.15) is 26.3 Å². The van der Waals surface area contributed by atoms with Crippen molar-refractivity contribution in [3.8, 4) is 0 Å². The van der Waals surface area contributed by atoms with Crippen molar-refractivity contribution in [2.45, 2.75) is 44.7 Å². The lowest BCUT2D eigenvalue weighted by Gasteiger charge is -2.27. The number of aliphatic hydroxyl groups excluding tert-OH is 1. The van der Waals surface area contributed by atoms with Crippen LogP contribution in [0.25, 0.3) is 0 Å². The molecule has 3 atom stereocenters. The van der Waals surface area contributed by atoms with Crippen molar-refractivity contribution in [2.75, 3.05) is 6.61 Å². The van der Waals surface area contributed by atoms with Crippen molar-refractivity contribution in [1.82, 2.24) is 0 Å². The monoisotopic (exact) mass is 468 g/mol. The number of hydrogen-bond acceptors (Lipinski definition) is 4. The molecule has 0 aliphatic carbocycles. The quantitative estimate of drug-likeness (QED) is 0.405. The molecule has 0 bridgehead atoms. The molecule has 1 N–H and O–H groups in total. The van der Waals surface area contributed by atoms with Gasteiger partial charge in [0.25, 0.3) is 0 Å². The van der Waals surface area contributed by atoms with E-state index < -0.39 is 65.7 Å². The molecule has 0 aliphatic rings. The van der Waals surface area contributed by atoms with Gasteiger partial charge in [0.2, 0.25) is 0 Å². The molecule has 2 aromatic carbocycles. The number of hydrogen-bond donors (Lipinski definition) is 1. The summed E-state index contributed by atoms with van der Waals surface area (Å²) in [5, 5.41) is 10.5.